The van der Waals surface area contributed by atoms with Gasteiger partial charge in [-0.15, -0.1) is 0 Å². The summed E-state index contributed by atoms with van der Waals surface area (Å²) in [6.07, 6.45) is 2.41. The van der Waals surface area contributed by atoms with E-state index in [9.17, 15) is 4.79 Å². The van der Waals surface area contributed by atoms with Gasteiger partial charge in [-0.05, 0) is 44.7 Å². The zero-order chi connectivity index (χ0) is 15.9. The summed E-state index contributed by atoms with van der Waals surface area (Å²) in [6, 6.07) is 10.2. The van der Waals surface area contributed by atoms with Crippen molar-refractivity contribution >= 4 is 5.91 Å². The van der Waals surface area contributed by atoms with Crippen LogP contribution in [0.15, 0.2) is 30.3 Å². The average Bonchev–Trinajstić information content (AvgIpc) is 2.53. The zero-order valence-electron chi connectivity index (χ0n) is 13.9. The van der Waals surface area contributed by atoms with Crippen LogP contribution in [-0.4, -0.2) is 47.9 Å². The summed E-state index contributed by atoms with van der Waals surface area (Å²) < 4.78 is 0. The summed E-state index contributed by atoms with van der Waals surface area (Å²) in [5.74, 6) is 0.628. The first-order valence-corrected chi connectivity index (χ1v) is 8.40. The molecule has 1 fully saturated rings. The van der Waals surface area contributed by atoms with Crippen molar-refractivity contribution in [3.63, 3.8) is 0 Å². The minimum absolute atomic E-state index is 0.0719. The fraction of sp³-hybridized carbons (Fsp3) is 0.611. The van der Waals surface area contributed by atoms with Crippen molar-refractivity contribution in [1.82, 2.24) is 9.80 Å². The van der Waals surface area contributed by atoms with Gasteiger partial charge in [-0.2, -0.15) is 0 Å². The molecule has 1 aliphatic rings. The zero-order valence-corrected chi connectivity index (χ0v) is 13.9. The summed E-state index contributed by atoms with van der Waals surface area (Å²) in [5.41, 5.74) is 7.11. The van der Waals surface area contributed by atoms with E-state index >= 15 is 0 Å². The van der Waals surface area contributed by atoms with E-state index in [4.69, 9.17) is 5.73 Å². The molecule has 22 heavy (non-hydrogen) atoms. The molecule has 1 aliphatic heterocycles. The largest absolute Gasteiger partial charge is 0.341 e. The van der Waals surface area contributed by atoms with Crippen LogP contribution in [0.25, 0.3) is 0 Å². The number of nitrogens with zero attached hydrogens (tertiary/aromatic N) is 2. The third-order valence-electron chi connectivity index (χ3n) is 4.41. The maximum Gasteiger partial charge on any atom is 0.239 e. The molecule has 1 amide bonds. The molecular formula is C18H29N3O. The van der Waals surface area contributed by atoms with Crippen LogP contribution in [0.5, 0.6) is 0 Å². The van der Waals surface area contributed by atoms with E-state index in [2.05, 4.69) is 35.2 Å². The first-order chi connectivity index (χ1) is 10.6. The molecule has 0 aliphatic carbocycles. The van der Waals surface area contributed by atoms with Gasteiger partial charge in [-0.25, -0.2) is 0 Å². The number of nitrogens with two attached hydrogens (primary N) is 1. The van der Waals surface area contributed by atoms with Gasteiger partial charge >= 0.3 is 0 Å². The molecule has 0 spiro atoms. The number of likely N-dealkylation sites (N-methyl/N-ethyl adjacent to an activating group) is 1. The van der Waals surface area contributed by atoms with Crippen molar-refractivity contribution in [1.29, 1.82) is 0 Å². The fourth-order valence-corrected chi connectivity index (χ4v) is 3.26. The lowest BCUT2D eigenvalue weighted by Crippen LogP contribution is -2.47. The van der Waals surface area contributed by atoms with Gasteiger partial charge in [0.2, 0.25) is 5.91 Å². The highest BCUT2D eigenvalue weighted by Gasteiger charge is 2.24. The number of piperidine rings is 1. The second-order valence-corrected chi connectivity index (χ2v) is 6.39. The first-order valence-electron chi connectivity index (χ1n) is 8.40. The van der Waals surface area contributed by atoms with Gasteiger partial charge in [0.15, 0.2) is 0 Å². The Morgan fingerprint density at radius 2 is 2.14 bits per heavy atom. The van der Waals surface area contributed by atoms with Crippen molar-refractivity contribution in [2.75, 3.05) is 26.2 Å². The first kappa shape index (κ1) is 17.0. The highest BCUT2D eigenvalue weighted by molar-refractivity contribution is 5.81. The number of hydrogen-bond donors (Lipinski definition) is 1. The lowest BCUT2D eigenvalue weighted by atomic mass is 9.96. The Morgan fingerprint density at radius 1 is 1.41 bits per heavy atom. The predicted octanol–water partition coefficient (Wildman–Crippen LogP) is 2.09. The highest BCUT2D eigenvalue weighted by Crippen LogP contribution is 2.20. The van der Waals surface area contributed by atoms with Crippen LogP contribution in [0.2, 0.25) is 0 Å². The molecule has 0 saturated carbocycles. The number of rotatable bonds is 6. The van der Waals surface area contributed by atoms with Gasteiger partial charge < -0.3 is 10.6 Å². The third-order valence-corrected chi connectivity index (χ3v) is 4.41. The average molecular weight is 303 g/mol. The SMILES string of the molecule is CCN(C[C@@H]1CCCN(Cc2ccccc2)C1)C(=O)[C@H](C)N. The normalized spacial score (nSPS) is 20.6. The van der Waals surface area contributed by atoms with E-state index in [0.717, 1.165) is 32.7 Å². The van der Waals surface area contributed by atoms with Crippen LogP contribution in [0.3, 0.4) is 0 Å². The van der Waals surface area contributed by atoms with Gasteiger partial charge in [0, 0.05) is 26.2 Å². The van der Waals surface area contributed by atoms with Crippen molar-refractivity contribution in [2.24, 2.45) is 11.7 Å². The maximum absolute atomic E-state index is 12.1. The summed E-state index contributed by atoms with van der Waals surface area (Å²) in [4.78, 5) is 16.5. The van der Waals surface area contributed by atoms with Gasteiger partial charge in [0.1, 0.15) is 0 Å². The van der Waals surface area contributed by atoms with Crippen LogP contribution < -0.4 is 5.73 Å². The number of carbonyl (C=O) groups excluding carboxylic acids is 1. The molecule has 4 nitrogen and oxygen atoms in total. The van der Waals surface area contributed by atoms with Crippen molar-refractivity contribution in [2.45, 2.75) is 39.3 Å². The molecular weight excluding hydrogens is 274 g/mol. The molecule has 4 heteroatoms. The summed E-state index contributed by atoms with van der Waals surface area (Å²) in [7, 11) is 0. The molecule has 0 bridgehead atoms. The standard InChI is InChI=1S/C18H29N3O/c1-3-21(18(22)15(2)19)14-17-10-7-11-20(13-17)12-16-8-5-4-6-9-16/h4-6,8-9,15,17H,3,7,10-14,19H2,1-2H3/t15-,17+/m0/s1. The van der Waals surface area contributed by atoms with E-state index in [1.165, 1.54) is 18.4 Å². The molecule has 1 aromatic carbocycles. The molecule has 2 atom stereocenters. The Labute approximate surface area is 134 Å². The van der Waals surface area contributed by atoms with Crippen molar-refractivity contribution < 1.29 is 4.79 Å². The number of likely N-dealkylation sites (tertiary alicyclic amines) is 1. The number of amides is 1. The quantitative estimate of drug-likeness (QED) is 0.875. The van der Waals surface area contributed by atoms with E-state index in [1.807, 2.05) is 11.8 Å². The van der Waals surface area contributed by atoms with Crippen molar-refractivity contribution in [3.8, 4) is 0 Å². The molecule has 0 aromatic heterocycles. The molecule has 2 rings (SSSR count). The Morgan fingerprint density at radius 3 is 2.77 bits per heavy atom. The maximum atomic E-state index is 12.1. The summed E-state index contributed by atoms with van der Waals surface area (Å²) in [5, 5.41) is 0. The minimum Gasteiger partial charge on any atom is -0.341 e. The monoisotopic (exact) mass is 303 g/mol. The molecule has 0 unspecified atom stereocenters. The molecule has 1 heterocycles. The molecule has 122 valence electrons. The van der Waals surface area contributed by atoms with E-state index in [-0.39, 0.29) is 5.91 Å². The van der Waals surface area contributed by atoms with Gasteiger partial charge in [0.05, 0.1) is 6.04 Å². The molecule has 2 N–H and O–H groups in total. The Balaban J connectivity index is 1.88. The van der Waals surface area contributed by atoms with Gasteiger partial charge in [0.25, 0.3) is 0 Å². The third kappa shape index (κ3) is 4.82. The number of hydrogen-bond acceptors (Lipinski definition) is 3. The summed E-state index contributed by atoms with van der Waals surface area (Å²) in [6.45, 7) is 8.61. The predicted molar refractivity (Wildman–Crippen MR) is 90.3 cm³/mol. The van der Waals surface area contributed by atoms with Gasteiger partial charge in [-0.3, -0.25) is 9.69 Å². The van der Waals surface area contributed by atoms with Crippen LogP contribution in [0, 0.1) is 5.92 Å². The second kappa shape index (κ2) is 8.30. The number of carbonyl (C=O) groups is 1. The Bertz CT molecular complexity index is 461. The van der Waals surface area contributed by atoms with Crippen LogP contribution in [-0.2, 0) is 11.3 Å². The Hall–Kier alpha value is -1.39. The summed E-state index contributed by atoms with van der Waals surface area (Å²) >= 11 is 0. The minimum atomic E-state index is -0.399. The lowest BCUT2D eigenvalue weighted by Gasteiger charge is -2.36. The molecule has 1 saturated heterocycles. The lowest BCUT2D eigenvalue weighted by molar-refractivity contribution is -0.132. The molecule has 0 radical (unpaired) electrons. The van der Waals surface area contributed by atoms with Crippen LogP contribution >= 0.6 is 0 Å². The van der Waals surface area contributed by atoms with E-state index in [0.29, 0.717) is 5.92 Å². The smallest absolute Gasteiger partial charge is 0.239 e. The van der Waals surface area contributed by atoms with Crippen LogP contribution in [0.4, 0.5) is 0 Å². The second-order valence-electron chi connectivity index (χ2n) is 6.39. The van der Waals surface area contributed by atoms with Crippen molar-refractivity contribution in [3.05, 3.63) is 35.9 Å². The van der Waals surface area contributed by atoms with Gasteiger partial charge in [-0.1, -0.05) is 30.3 Å². The number of benzene rings is 1. The van der Waals surface area contributed by atoms with E-state index < -0.39 is 6.04 Å². The van der Waals surface area contributed by atoms with E-state index in [1.54, 1.807) is 6.92 Å². The fourth-order valence-electron chi connectivity index (χ4n) is 3.26. The Kier molecular flexibility index (Phi) is 6.40. The molecule has 1 aromatic rings. The topological polar surface area (TPSA) is 49.6 Å². The van der Waals surface area contributed by atoms with Crippen LogP contribution in [0.1, 0.15) is 32.3 Å². The highest BCUT2D eigenvalue weighted by atomic mass is 16.2.